The largest absolute Gasteiger partial charge is 0.493 e. The van der Waals surface area contributed by atoms with E-state index in [0.717, 1.165) is 31.4 Å². The van der Waals surface area contributed by atoms with Crippen molar-refractivity contribution in [1.29, 1.82) is 0 Å². The van der Waals surface area contributed by atoms with Crippen molar-refractivity contribution in [1.82, 2.24) is 14.6 Å². The van der Waals surface area contributed by atoms with Crippen molar-refractivity contribution in [2.75, 3.05) is 17.3 Å². The van der Waals surface area contributed by atoms with Crippen LogP contribution in [0.2, 0.25) is 0 Å². The van der Waals surface area contributed by atoms with Crippen molar-refractivity contribution < 1.29 is 22.3 Å². The van der Waals surface area contributed by atoms with E-state index in [9.17, 15) is 18.0 Å². The molecule has 182 valence electrons. The molecule has 0 spiro atoms. The lowest BCUT2D eigenvalue weighted by molar-refractivity contribution is -0.137. The molecule has 1 fully saturated rings. The van der Waals surface area contributed by atoms with Gasteiger partial charge in [-0.1, -0.05) is 18.6 Å². The predicted molar refractivity (Wildman–Crippen MR) is 124 cm³/mol. The van der Waals surface area contributed by atoms with Crippen LogP contribution >= 0.6 is 0 Å². The third-order valence-electron chi connectivity index (χ3n) is 5.88. The molecule has 0 saturated heterocycles. The van der Waals surface area contributed by atoms with Gasteiger partial charge in [0, 0.05) is 23.5 Å². The first-order valence-corrected chi connectivity index (χ1v) is 11.1. The van der Waals surface area contributed by atoms with Gasteiger partial charge in [0.05, 0.1) is 12.2 Å². The van der Waals surface area contributed by atoms with E-state index in [4.69, 9.17) is 9.15 Å². The summed E-state index contributed by atoms with van der Waals surface area (Å²) in [5.74, 6) is 0.186. The molecule has 4 aromatic rings. The van der Waals surface area contributed by atoms with Crippen LogP contribution in [0.15, 0.2) is 57.9 Å². The van der Waals surface area contributed by atoms with Crippen LogP contribution in [-0.4, -0.2) is 21.3 Å². The Labute approximate surface area is 197 Å². The Hall–Kier alpha value is -4.02. The second-order valence-corrected chi connectivity index (χ2v) is 8.48. The maximum atomic E-state index is 13.5. The molecule has 0 radical (unpaired) electrons. The van der Waals surface area contributed by atoms with Gasteiger partial charge in [0.25, 0.3) is 0 Å². The topological polar surface area (TPSA) is 94.2 Å². The van der Waals surface area contributed by atoms with Gasteiger partial charge in [-0.25, -0.2) is 9.78 Å². The number of nitrogens with one attached hydrogen (secondary N) is 2. The van der Waals surface area contributed by atoms with Crippen molar-refractivity contribution >= 4 is 28.6 Å². The van der Waals surface area contributed by atoms with Crippen molar-refractivity contribution in [3.8, 4) is 5.75 Å². The van der Waals surface area contributed by atoms with Crippen LogP contribution in [0.5, 0.6) is 5.75 Å². The van der Waals surface area contributed by atoms with Gasteiger partial charge >= 0.3 is 11.9 Å². The lowest BCUT2D eigenvalue weighted by Gasteiger charge is -2.25. The number of halogens is 3. The standard InChI is InChI=1S/C24H22F3N5O3/c1-14-12-28-22(30-21(14)31-32-19-7-2-3-8-20(19)35-23(32)33)29-17-9-16(24(25,26)27)10-18(11-17)34-13-15-5-4-6-15/h2-3,7-12,15H,4-6,13H2,1H3,(H2,28,29,30,31). The highest BCUT2D eigenvalue weighted by Gasteiger charge is 2.32. The minimum Gasteiger partial charge on any atom is -0.493 e. The monoisotopic (exact) mass is 485 g/mol. The van der Waals surface area contributed by atoms with Crippen LogP contribution < -0.4 is 21.2 Å². The van der Waals surface area contributed by atoms with Gasteiger partial charge in [-0.05, 0) is 49.9 Å². The van der Waals surface area contributed by atoms with E-state index < -0.39 is 17.5 Å². The van der Waals surface area contributed by atoms with E-state index in [1.807, 2.05) is 0 Å². The molecule has 0 amide bonds. The fourth-order valence-electron chi connectivity index (χ4n) is 3.71. The summed E-state index contributed by atoms with van der Waals surface area (Å²) in [6, 6.07) is 10.3. The number of para-hydroxylation sites is 2. The summed E-state index contributed by atoms with van der Waals surface area (Å²) in [6.07, 6.45) is 0.104. The van der Waals surface area contributed by atoms with E-state index >= 15 is 0 Å². The number of aryl methyl sites for hydroxylation is 1. The van der Waals surface area contributed by atoms with Crippen LogP contribution in [0.3, 0.4) is 0 Å². The molecule has 2 heterocycles. The summed E-state index contributed by atoms with van der Waals surface area (Å²) >= 11 is 0. The predicted octanol–water partition coefficient (Wildman–Crippen LogP) is 5.51. The summed E-state index contributed by atoms with van der Waals surface area (Å²) in [5.41, 5.74) is 3.71. The Kier molecular flexibility index (Phi) is 5.83. The Morgan fingerprint density at radius 1 is 1.20 bits per heavy atom. The molecule has 2 N–H and O–H groups in total. The van der Waals surface area contributed by atoms with E-state index in [2.05, 4.69) is 20.7 Å². The van der Waals surface area contributed by atoms with Crippen molar-refractivity contribution in [3.63, 3.8) is 0 Å². The molecule has 1 aliphatic rings. The SMILES string of the molecule is Cc1cnc(Nc2cc(OCC3CCC3)cc(C(F)(F)F)c2)nc1Nn1c(=O)oc2ccccc21. The second-order valence-electron chi connectivity index (χ2n) is 8.48. The van der Waals surface area contributed by atoms with Crippen LogP contribution in [0.1, 0.15) is 30.4 Å². The fourth-order valence-corrected chi connectivity index (χ4v) is 3.71. The molecule has 35 heavy (non-hydrogen) atoms. The molecule has 8 nitrogen and oxygen atoms in total. The zero-order valence-corrected chi connectivity index (χ0v) is 18.7. The number of hydrogen-bond acceptors (Lipinski definition) is 7. The fraction of sp³-hybridized carbons (Fsp3) is 0.292. The first-order chi connectivity index (χ1) is 16.8. The van der Waals surface area contributed by atoms with Gasteiger partial charge in [-0.15, -0.1) is 0 Å². The van der Waals surface area contributed by atoms with Crippen LogP contribution in [0.4, 0.5) is 30.6 Å². The van der Waals surface area contributed by atoms with Gasteiger partial charge in [0.15, 0.2) is 11.4 Å². The normalized spacial score (nSPS) is 14.1. The quantitative estimate of drug-likeness (QED) is 0.357. The smallest absolute Gasteiger partial charge is 0.439 e. The number of alkyl halides is 3. The molecule has 0 atom stereocenters. The molecule has 1 saturated carbocycles. The second kappa shape index (κ2) is 8.97. The average molecular weight is 485 g/mol. The number of fused-ring (bicyclic) bond motifs is 1. The van der Waals surface area contributed by atoms with E-state index in [-0.39, 0.29) is 23.2 Å². The third-order valence-corrected chi connectivity index (χ3v) is 5.88. The maximum Gasteiger partial charge on any atom is 0.439 e. The molecule has 2 aromatic heterocycles. The van der Waals surface area contributed by atoms with E-state index in [1.54, 1.807) is 31.2 Å². The molecular formula is C24H22F3N5O3. The summed E-state index contributed by atoms with van der Waals surface area (Å²) < 4.78 is 52.5. The van der Waals surface area contributed by atoms with Crippen LogP contribution in [0, 0.1) is 12.8 Å². The molecule has 1 aliphatic carbocycles. The van der Waals surface area contributed by atoms with Crippen LogP contribution in [-0.2, 0) is 6.18 Å². The number of rotatable bonds is 7. The number of aromatic nitrogens is 3. The number of hydrogen-bond donors (Lipinski definition) is 2. The van der Waals surface area contributed by atoms with Gasteiger partial charge in [0.1, 0.15) is 11.3 Å². The van der Waals surface area contributed by atoms with Gasteiger partial charge < -0.3 is 14.5 Å². The van der Waals surface area contributed by atoms with Gasteiger partial charge in [-0.2, -0.15) is 22.8 Å². The number of anilines is 3. The highest BCUT2D eigenvalue weighted by Crippen LogP contribution is 2.35. The third kappa shape index (κ3) is 4.93. The highest BCUT2D eigenvalue weighted by molar-refractivity contribution is 5.73. The van der Waals surface area contributed by atoms with Crippen LogP contribution in [0.25, 0.3) is 11.1 Å². The molecule has 0 unspecified atom stereocenters. The number of nitrogens with zero attached hydrogens (tertiary/aromatic N) is 3. The first-order valence-electron chi connectivity index (χ1n) is 11.1. The van der Waals surface area contributed by atoms with Gasteiger partial charge in [-0.3, -0.25) is 5.43 Å². The zero-order chi connectivity index (χ0) is 24.6. The Morgan fingerprint density at radius 3 is 2.74 bits per heavy atom. The summed E-state index contributed by atoms with van der Waals surface area (Å²) in [7, 11) is 0. The summed E-state index contributed by atoms with van der Waals surface area (Å²) in [4.78, 5) is 20.8. The number of oxazole rings is 1. The minimum atomic E-state index is -4.55. The lowest BCUT2D eigenvalue weighted by Crippen LogP contribution is -2.23. The summed E-state index contributed by atoms with van der Waals surface area (Å²) in [6.45, 7) is 2.11. The van der Waals surface area contributed by atoms with E-state index in [1.165, 1.54) is 16.9 Å². The zero-order valence-electron chi connectivity index (χ0n) is 18.7. The summed E-state index contributed by atoms with van der Waals surface area (Å²) in [5, 5.41) is 2.82. The molecule has 2 aromatic carbocycles. The first kappa shape index (κ1) is 22.8. The molecular weight excluding hydrogens is 463 g/mol. The molecule has 0 aliphatic heterocycles. The maximum absolute atomic E-state index is 13.5. The molecule has 0 bridgehead atoms. The Bertz CT molecular complexity index is 1430. The molecule has 5 rings (SSSR count). The van der Waals surface area contributed by atoms with Crippen molar-refractivity contribution in [3.05, 3.63) is 70.3 Å². The molecule has 11 heteroatoms. The Balaban J connectivity index is 1.42. The van der Waals surface area contributed by atoms with Gasteiger partial charge in [0.2, 0.25) is 5.95 Å². The highest BCUT2D eigenvalue weighted by atomic mass is 19.4. The van der Waals surface area contributed by atoms with Crippen molar-refractivity contribution in [2.24, 2.45) is 5.92 Å². The minimum absolute atomic E-state index is 0.0446. The Morgan fingerprint density at radius 2 is 2.00 bits per heavy atom. The lowest BCUT2D eigenvalue weighted by atomic mass is 9.86. The number of ether oxygens (including phenoxy) is 1. The van der Waals surface area contributed by atoms with Crippen molar-refractivity contribution in [2.45, 2.75) is 32.4 Å². The number of benzene rings is 2. The van der Waals surface area contributed by atoms with E-state index in [0.29, 0.717) is 29.2 Å². The average Bonchev–Trinajstić information content (AvgIpc) is 3.09.